The minimum Gasteiger partial charge on any atom is -0.345 e. The number of rotatable bonds is 4. The third kappa shape index (κ3) is 3.24. The molecule has 0 aliphatic carbocycles. The van der Waals surface area contributed by atoms with E-state index in [1.807, 2.05) is 13.8 Å². The first-order chi connectivity index (χ1) is 12.1. The van der Waals surface area contributed by atoms with E-state index in [0.29, 0.717) is 11.4 Å². The van der Waals surface area contributed by atoms with Crippen LogP contribution in [0.1, 0.15) is 16.3 Å². The summed E-state index contributed by atoms with van der Waals surface area (Å²) in [6.45, 7) is 5.53. The highest BCUT2D eigenvalue weighted by atomic mass is 32.2. The molecule has 0 saturated carbocycles. The first-order valence-corrected chi connectivity index (χ1v) is 9.98. The molecule has 0 spiro atoms. The number of nitrogens with one attached hydrogen (secondary N) is 1. The number of anilines is 1. The average molecular weight is 397 g/mol. The van der Waals surface area contributed by atoms with E-state index < -0.39 is 21.7 Å². The molecule has 26 heavy (non-hydrogen) atoms. The molecule has 0 atom stereocenters. The van der Waals surface area contributed by atoms with Gasteiger partial charge in [-0.05, 0) is 39.0 Å². The smallest absolute Gasteiger partial charge is 0.263 e. The van der Waals surface area contributed by atoms with Crippen LogP contribution in [-0.4, -0.2) is 18.0 Å². The quantitative estimate of drug-likeness (QED) is 0.719. The lowest BCUT2D eigenvalue weighted by Crippen LogP contribution is -2.14. The van der Waals surface area contributed by atoms with Crippen LogP contribution in [0.15, 0.2) is 29.2 Å². The van der Waals surface area contributed by atoms with Gasteiger partial charge >= 0.3 is 0 Å². The van der Waals surface area contributed by atoms with Crippen molar-refractivity contribution in [2.75, 3.05) is 4.72 Å². The molecule has 0 fully saturated rings. The fraction of sp³-hybridized carbons (Fsp3) is 0.235. The van der Waals surface area contributed by atoms with E-state index in [0.717, 1.165) is 27.7 Å². The summed E-state index contributed by atoms with van der Waals surface area (Å²) in [7, 11) is -2.21. The fourth-order valence-electron chi connectivity index (χ4n) is 2.50. The van der Waals surface area contributed by atoms with Crippen molar-refractivity contribution in [3.8, 4) is 10.7 Å². The molecular formula is C17H17F2N3O2S2. The lowest BCUT2D eigenvalue weighted by Gasteiger charge is -2.08. The van der Waals surface area contributed by atoms with Crippen LogP contribution in [0.3, 0.4) is 0 Å². The average Bonchev–Trinajstić information content (AvgIpc) is 3.04. The van der Waals surface area contributed by atoms with E-state index in [9.17, 15) is 17.2 Å². The molecule has 138 valence electrons. The fourth-order valence-corrected chi connectivity index (χ4v) is 4.81. The van der Waals surface area contributed by atoms with E-state index in [1.54, 1.807) is 18.5 Å². The Labute approximate surface area is 154 Å². The largest absolute Gasteiger partial charge is 0.345 e. The van der Waals surface area contributed by atoms with Gasteiger partial charge in [-0.15, -0.1) is 11.3 Å². The predicted molar refractivity (Wildman–Crippen MR) is 97.9 cm³/mol. The Bertz CT molecular complexity index is 1080. The van der Waals surface area contributed by atoms with Crippen molar-refractivity contribution in [3.63, 3.8) is 0 Å². The van der Waals surface area contributed by atoms with Gasteiger partial charge in [0.05, 0.1) is 17.1 Å². The van der Waals surface area contributed by atoms with Crippen LogP contribution in [0, 0.1) is 32.4 Å². The maximum atomic E-state index is 13.3. The van der Waals surface area contributed by atoms with Gasteiger partial charge in [-0.2, -0.15) is 0 Å². The highest BCUT2D eigenvalue weighted by Gasteiger charge is 2.24. The van der Waals surface area contributed by atoms with E-state index >= 15 is 0 Å². The molecule has 9 heteroatoms. The number of nitrogens with zero attached hydrogens (tertiary/aromatic N) is 2. The summed E-state index contributed by atoms with van der Waals surface area (Å²) < 4.78 is 55.9. The minimum absolute atomic E-state index is 0.0466. The van der Waals surface area contributed by atoms with Gasteiger partial charge in [0.15, 0.2) is 11.6 Å². The van der Waals surface area contributed by atoms with E-state index in [4.69, 9.17) is 0 Å². The highest BCUT2D eigenvalue weighted by Crippen LogP contribution is 2.32. The molecule has 0 aliphatic heterocycles. The zero-order valence-electron chi connectivity index (χ0n) is 14.6. The third-order valence-corrected chi connectivity index (χ3v) is 6.79. The van der Waals surface area contributed by atoms with Crippen molar-refractivity contribution < 1.29 is 17.2 Å². The first kappa shape index (κ1) is 18.5. The molecule has 2 heterocycles. The molecule has 1 aromatic carbocycles. The van der Waals surface area contributed by atoms with Crippen molar-refractivity contribution in [2.45, 2.75) is 25.7 Å². The summed E-state index contributed by atoms with van der Waals surface area (Å²) in [5.74, 6) is -2.16. The van der Waals surface area contributed by atoms with Gasteiger partial charge in [0, 0.05) is 23.7 Å². The van der Waals surface area contributed by atoms with Crippen LogP contribution in [-0.2, 0) is 17.1 Å². The molecule has 0 radical (unpaired) electrons. The van der Waals surface area contributed by atoms with Crippen LogP contribution in [0.4, 0.5) is 14.5 Å². The zero-order valence-corrected chi connectivity index (χ0v) is 16.2. The molecule has 0 amide bonds. The third-order valence-electron chi connectivity index (χ3n) is 4.20. The van der Waals surface area contributed by atoms with Crippen LogP contribution in [0.5, 0.6) is 0 Å². The lowest BCUT2D eigenvalue weighted by atomic mass is 10.3. The number of hydrogen-bond acceptors (Lipinski definition) is 4. The maximum absolute atomic E-state index is 13.3. The second kappa shape index (κ2) is 6.48. The van der Waals surface area contributed by atoms with Gasteiger partial charge < -0.3 is 4.57 Å². The Kier molecular flexibility index (Phi) is 4.61. The molecule has 5 nitrogen and oxygen atoms in total. The van der Waals surface area contributed by atoms with Crippen LogP contribution < -0.4 is 4.72 Å². The normalized spacial score (nSPS) is 11.8. The number of hydrogen-bond donors (Lipinski definition) is 1. The van der Waals surface area contributed by atoms with Gasteiger partial charge in [0.25, 0.3) is 10.0 Å². The molecule has 0 bridgehead atoms. The molecule has 3 aromatic rings. The first-order valence-electron chi connectivity index (χ1n) is 7.68. The Morgan fingerprint density at radius 3 is 2.38 bits per heavy atom. The van der Waals surface area contributed by atoms with Gasteiger partial charge in [-0.1, -0.05) is 0 Å². The molecule has 2 aromatic heterocycles. The summed E-state index contributed by atoms with van der Waals surface area (Å²) in [6.07, 6.45) is 0. The van der Waals surface area contributed by atoms with Crippen molar-refractivity contribution in [2.24, 2.45) is 7.05 Å². The van der Waals surface area contributed by atoms with Gasteiger partial charge in [0.2, 0.25) is 0 Å². The monoisotopic (exact) mass is 397 g/mol. The van der Waals surface area contributed by atoms with Crippen molar-refractivity contribution in [1.82, 2.24) is 9.55 Å². The summed E-state index contributed by atoms with van der Waals surface area (Å²) in [5.41, 5.74) is 2.04. The predicted octanol–water partition coefficient (Wildman–Crippen LogP) is 4.15. The summed E-state index contributed by atoms with van der Waals surface area (Å²) in [5, 5.41) is 0.722. The molecular weight excluding hydrogens is 380 g/mol. The number of aromatic nitrogens is 2. The molecule has 0 aliphatic rings. The SMILES string of the molecule is Cc1nc(-c2cc(S(=O)(=O)Nc3ccc(F)c(F)c3)c(C)n2C)sc1C. The molecule has 1 N–H and O–H groups in total. The Balaban J connectivity index is 2.02. The van der Waals surface area contributed by atoms with E-state index in [-0.39, 0.29) is 10.6 Å². The van der Waals surface area contributed by atoms with E-state index in [2.05, 4.69) is 9.71 Å². The highest BCUT2D eigenvalue weighted by molar-refractivity contribution is 7.92. The molecule has 0 unspecified atom stereocenters. The molecule has 0 saturated heterocycles. The summed E-state index contributed by atoms with van der Waals surface area (Å²) in [4.78, 5) is 5.59. The summed E-state index contributed by atoms with van der Waals surface area (Å²) in [6, 6.07) is 4.38. The standard InChI is InChI=1S/C17H17F2N3O2S2/c1-9-11(3)25-17(20-9)15-8-16(10(2)22(15)4)26(23,24)21-12-5-6-13(18)14(19)7-12/h5-8,21H,1-4H3. The zero-order chi connectivity index (χ0) is 19.2. The Morgan fingerprint density at radius 2 is 1.81 bits per heavy atom. The number of halogens is 2. The summed E-state index contributed by atoms with van der Waals surface area (Å²) >= 11 is 1.48. The Morgan fingerprint density at radius 1 is 1.12 bits per heavy atom. The minimum atomic E-state index is -3.97. The molecule has 3 rings (SSSR count). The second-order valence-electron chi connectivity index (χ2n) is 5.93. The topological polar surface area (TPSA) is 64.0 Å². The van der Waals surface area contributed by atoms with Crippen LogP contribution in [0.25, 0.3) is 10.7 Å². The lowest BCUT2D eigenvalue weighted by molar-refractivity contribution is 0.509. The van der Waals surface area contributed by atoms with Gasteiger partial charge in [0.1, 0.15) is 9.90 Å². The number of thiazole rings is 1. The maximum Gasteiger partial charge on any atom is 0.263 e. The van der Waals surface area contributed by atoms with Crippen molar-refractivity contribution in [3.05, 3.63) is 52.2 Å². The number of benzene rings is 1. The number of aryl methyl sites for hydroxylation is 2. The van der Waals surface area contributed by atoms with Crippen molar-refractivity contribution in [1.29, 1.82) is 0 Å². The van der Waals surface area contributed by atoms with Crippen LogP contribution in [0.2, 0.25) is 0 Å². The van der Waals surface area contributed by atoms with Gasteiger partial charge in [-0.25, -0.2) is 22.2 Å². The van der Waals surface area contributed by atoms with Crippen molar-refractivity contribution >= 4 is 27.0 Å². The number of sulfonamides is 1. The Hall–Kier alpha value is -2.26. The van der Waals surface area contributed by atoms with Crippen LogP contribution >= 0.6 is 11.3 Å². The van der Waals surface area contributed by atoms with E-state index in [1.165, 1.54) is 23.5 Å². The van der Waals surface area contributed by atoms with Gasteiger partial charge in [-0.3, -0.25) is 4.72 Å². The second-order valence-corrected chi connectivity index (χ2v) is 8.79.